The minimum Gasteiger partial charge on any atom is -0.441 e. The molecule has 0 spiro atoms. The van der Waals surface area contributed by atoms with Gasteiger partial charge in [0.15, 0.2) is 16.8 Å². The van der Waals surface area contributed by atoms with Gasteiger partial charge in [-0.1, -0.05) is 61.6 Å². The molecule has 0 unspecified atom stereocenters. The van der Waals surface area contributed by atoms with Crippen LogP contribution in [0.2, 0.25) is 0 Å². The number of benzene rings is 2. The van der Waals surface area contributed by atoms with E-state index in [9.17, 15) is 4.79 Å². The highest BCUT2D eigenvalue weighted by atomic mass is 32.1. The van der Waals surface area contributed by atoms with E-state index in [-0.39, 0.29) is 5.91 Å². The van der Waals surface area contributed by atoms with Crippen molar-refractivity contribution in [2.45, 2.75) is 32.6 Å². The number of aryl methyl sites for hydroxylation is 1. The highest BCUT2D eigenvalue weighted by Gasteiger charge is 2.11. The largest absolute Gasteiger partial charge is 0.441 e. The van der Waals surface area contributed by atoms with E-state index in [0.717, 1.165) is 21.5 Å². The van der Waals surface area contributed by atoms with Crippen LogP contribution in [0.4, 0.5) is 5.13 Å². The molecule has 4 rings (SSSR count). The van der Waals surface area contributed by atoms with Gasteiger partial charge in [-0.25, -0.2) is 9.97 Å². The van der Waals surface area contributed by atoms with Crippen LogP contribution < -0.4 is 5.32 Å². The number of carbonyl (C=O) groups is 1. The van der Waals surface area contributed by atoms with Crippen molar-refractivity contribution in [3.8, 4) is 11.3 Å². The van der Waals surface area contributed by atoms with Crippen LogP contribution in [-0.4, -0.2) is 15.9 Å². The molecule has 0 aliphatic carbocycles. The summed E-state index contributed by atoms with van der Waals surface area (Å²) in [6.45, 7) is 4.34. The molecule has 4 aromatic rings. The number of carbonyl (C=O) groups excluding carboxylic acids is 1. The fourth-order valence-corrected chi connectivity index (χ4v) is 3.80. The molecule has 1 amide bonds. The van der Waals surface area contributed by atoms with Gasteiger partial charge in [0, 0.05) is 18.4 Å². The number of hydrogen-bond acceptors (Lipinski definition) is 5. The standard InChI is InChI=1S/C22H21N3O2S/c1-14(2)15-7-9-16(10-8-15)18-13-23-21(27-18)12-11-20(26)25-22-24-17-5-3-4-6-19(17)28-22/h3-10,13-14H,11-12H2,1-2H3,(H,24,25,26). The van der Waals surface area contributed by atoms with E-state index >= 15 is 0 Å². The van der Waals surface area contributed by atoms with Crippen LogP contribution in [0.1, 0.15) is 37.6 Å². The molecular formula is C22H21N3O2S. The second-order valence-corrected chi connectivity index (χ2v) is 7.96. The second-order valence-electron chi connectivity index (χ2n) is 6.93. The van der Waals surface area contributed by atoms with E-state index in [1.165, 1.54) is 16.9 Å². The first-order chi connectivity index (χ1) is 13.6. The molecular weight excluding hydrogens is 370 g/mol. The number of nitrogens with one attached hydrogen (secondary N) is 1. The zero-order chi connectivity index (χ0) is 19.5. The summed E-state index contributed by atoms with van der Waals surface area (Å²) in [4.78, 5) is 20.9. The Morgan fingerprint density at radius 2 is 1.93 bits per heavy atom. The number of rotatable bonds is 6. The molecule has 0 aliphatic heterocycles. The van der Waals surface area contributed by atoms with E-state index in [4.69, 9.17) is 4.42 Å². The summed E-state index contributed by atoms with van der Waals surface area (Å²) in [5.74, 6) is 1.67. The summed E-state index contributed by atoms with van der Waals surface area (Å²) in [5.41, 5.74) is 3.17. The first kappa shape index (κ1) is 18.4. The van der Waals surface area contributed by atoms with Crippen molar-refractivity contribution < 1.29 is 9.21 Å². The Kier molecular flexibility index (Phi) is 5.21. The Morgan fingerprint density at radius 3 is 2.68 bits per heavy atom. The van der Waals surface area contributed by atoms with Crippen molar-refractivity contribution in [1.82, 2.24) is 9.97 Å². The normalized spacial score (nSPS) is 11.2. The minimum absolute atomic E-state index is 0.0971. The molecule has 0 aliphatic rings. The summed E-state index contributed by atoms with van der Waals surface area (Å²) in [5, 5.41) is 3.47. The predicted octanol–water partition coefficient (Wildman–Crippen LogP) is 5.65. The van der Waals surface area contributed by atoms with Crippen LogP contribution in [0.3, 0.4) is 0 Å². The fraction of sp³-hybridized carbons (Fsp3) is 0.227. The van der Waals surface area contributed by atoms with Crippen molar-refractivity contribution in [2.24, 2.45) is 0 Å². The number of anilines is 1. The first-order valence-corrected chi connectivity index (χ1v) is 10.1. The smallest absolute Gasteiger partial charge is 0.226 e. The van der Waals surface area contributed by atoms with Gasteiger partial charge in [-0.15, -0.1) is 0 Å². The number of nitrogens with zero attached hydrogens (tertiary/aromatic N) is 2. The van der Waals surface area contributed by atoms with E-state index in [1.807, 2.05) is 36.4 Å². The van der Waals surface area contributed by atoms with Crippen LogP contribution in [-0.2, 0) is 11.2 Å². The molecule has 1 N–H and O–H groups in total. The fourth-order valence-electron chi connectivity index (χ4n) is 2.92. The monoisotopic (exact) mass is 391 g/mol. The van der Waals surface area contributed by atoms with E-state index in [0.29, 0.717) is 29.8 Å². The van der Waals surface area contributed by atoms with Crippen molar-refractivity contribution in [3.05, 3.63) is 66.2 Å². The summed E-state index contributed by atoms with van der Waals surface area (Å²) in [6.07, 6.45) is 2.45. The van der Waals surface area contributed by atoms with Crippen LogP contribution in [0.15, 0.2) is 59.1 Å². The molecule has 0 fully saturated rings. The third-order valence-corrected chi connectivity index (χ3v) is 5.47. The topological polar surface area (TPSA) is 68.0 Å². The van der Waals surface area contributed by atoms with E-state index in [2.05, 4.69) is 41.3 Å². The van der Waals surface area contributed by atoms with Crippen LogP contribution in [0, 0.1) is 0 Å². The average molecular weight is 391 g/mol. The molecule has 0 bridgehead atoms. The number of hydrogen-bond donors (Lipinski definition) is 1. The lowest BCUT2D eigenvalue weighted by Gasteiger charge is -2.05. The lowest BCUT2D eigenvalue weighted by Crippen LogP contribution is -2.12. The molecule has 142 valence electrons. The highest BCUT2D eigenvalue weighted by molar-refractivity contribution is 7.22. The number of thiazole rings is 1. The van der Waals surface area contributed by atoms with Gasteiger partial charge in [0.05, 0.1) is 16.4 Å². The van der Waals surface area contributed by atoms with Crippen molar-refractivity contribution in [1.29, 1.82) is 0 Å². The summed E-state index contributed by atoms with van der Waals surface area (Å²) < 4.78 is 6.87. The number of oxazole rings is 1. The average Bonchev–Trinajstić information content (AvgIpc) is 3.33. The molecule has 28 heavy (non-hydrogen) atoms. The molecule has 0 saturated heterocycles. The van der Waals surface area contributed by atoms with Gasteiger partial charge in [0.25, 0.3) is 0 Å². The first-order valence-electron chi connectivity index (χ1n) is 9.29. The Labute approximate surface area is 167 Å². The van der Waals surface area contributed by atoms with E-state index < -0.39 is 0 Å². The molecule has 5 nitrogen and oxygen atoms in total. The summed E-state index contributed by atoms with van der Waals surface area (Å²) in [7, 11) is 0. The van der Waals surface area contributed by atoms with Gasteiger partial charge >= 0.3 is 0 Å². The summed E-state index contributed by atoms with van der Waals surface area (Å²) >= 11 is 1.47. The maximum absolute atomic E-state index is 12.2. The third-order valence-electron chi connectivity index (χ3n) is 4.52. The number of amides is 1. The van der Waals surface area contributed by atoms with Gasteiger partial charge in [0.1, 0.15) is 0 Å². The maximum atomic E-state index is 12.2. The Bertz CT molecular complexity index is 1060. The number of fused-ring (bicyclic) bond motifs is 1. The van der Waals surface area contributed by atoms with Crippen molar-refractivity contribution in [3.63, 3.8) is 0 Å². The third kappa shape index (κ3) is 4.12. The lowest BCUT2D eigenvalue weighted by molar-refractivity contribution is -0.116. The minimum atomic E-state index is -0.0971. The number of para-hydroxylation sites is 1. The van der Waals surface area contributed by atoms with Crippen LogP contribution >= 0.6 is 11.3 Å². The van der Waals surface area contributed by atoms with Gasteiger partial charge in [-0.3, -0.25) is 4.79 Å². The van der Waals surface area contributed by atoms with Gasteiger partial charge in [0.2, 0.25) is 5.91 Å². The Morgan fingerprint density at radius 1 is 1.14 bits per heavy atom. The zero-order valence-corrected chi connectivity index (χ0v) is 16.6. The molecule has 0 saturated carbocycles. The van der Waals surface area contributed by atoms with E-state index in [1.54, 1.807) is 6.20 Å². The Hall–Kier alpha value is -2.99. The van der Waals surface area contributed by atoms with Crippen molar-refractivity contribution >= 4 is 32.6 Å². The maximum Gasteiger partial charge on any atom is 0.226 e. The van der Waals surface area contributed by atoms with Gasteiger partial charge < -0.3 is 9.73 Å². The Balaban J connectivity index is 1.35. The SMILES string of the molecule is CC(C)c1ccc(-c2cnc(CCC(=O)Nc3nc4ccccc4s3)o2)cc1. The number of aromatic nitrogens is 2. The molecule has 2 aromatic heterocycles. The quantitative estimate of drug-likeness (QED) is 0.461. The molecule has 2 heterocycles. The lowest BCUT2D eigenvalue weighted by atomic mass is 10.0. The van der Waals surface area contributed by atoms with Crippen LogP contribution in [0.25, 0.3) is 21.5 Å². The zero-order valence-electron chi connectivity index (χ0n) is 15.8. The van der Waals surface area contributed by atoms with Gasteiger partial charge in [-0.2, -0.15) is 0 Å². The van der Waals surface area contributed by atoms with Crippen LogP contribution in [0.5, 0.6) is 0 Å². The molecule has 6 heteroatoms. The van der Waals surface area contributed by atoms with Crippen molar-refractivity contribution in [2.75, 3.05) is 5.32 Å². The molecule has 2 aromatic carbocycles. The van der Waals surface area contributed by atoms with Gasteiger partial charge in [-0.05, 0) is 23.6 Å². The molecule has 0 atom stereocenters. The molecule has 0 radical (unpaired) electrons. The highest BCUT2D eigenvalue weighted by Crippen LogP contribution is 2.26. The second kappa shape index (κ2) is 7.94. The predicted molar refractivity (Wildman–Crippen MR) is 113 cm³/mol. The summed E-state index contributed by atoms with van der Waals surface area (Å²) in [6, 6.07) is 16.1.